The third kappa shape index (κ3) is 7.61. The maximum absolute atomic E-state index is 13.2. The largest absolute Gasteiger partial charge is 0.458 e. The second-order valence-corrected chi connectivity index (χ2v) is 8.70. The monoisotopic (exact) mass is 504 g/mol. The van der Waals surface area contributed by atoms with Gasteiger partial charge in [-0.2, -0.15) is 0 Å². The molecule has 0 aliphatic heterocycles. The van der Waals surface area contributed by atoms with E-state index in [1.807, 2.05) is 48.6 Å². The molecule has 0 N–H and O–H groups in total. The van der Waals surface area contributed by atoms with Crippen LogP contribution in [0.1, 0.15) is 43.1 Å². The van der Waals surface area contributed by atoms with Gasteiger partial charge in [-0.15, -0.1) is 0 Å². The van der Waals surface area contributed by atoms with Crippen LogP contribution in [0.15, 0.2) is 127 Å². The fraction of sp³-hybridized carbons (Fsp3) is 0.121. The third-order valence-electron chi connectivity index (χ3n) is 5.99. The number of rotatable bonds is 11. The summed E-state index contributed by atoms with van der Waals surface area (Å²) >= 11 is 0. The summed E-state index contributed by atoms with van der Waals surface area (Å²) in [5.41, 5.74) is 2.24. The Morgan fingerprint density at radius 1 is 0.605 bits per heavy atom. The maximum atomic E-state index is 13.2. The summed E-state index contributed by atoms with van der Waals surface area (Å²) in [5.74, 6) is -1.76. The number of Topliss-reactive ketones (excluding diaryl/α,β-unsaturated/α-hetero) is 1. The van der Waals surface area contributed by atoms with Gasteiger partial charge in [-0.05, 0) is 29.8 Å². The fourth-order valence-corrected chi connectivity index (χ4v) is 3.92. The van der Waals surface area contributed by atoms with Crippen LogP contribution in [0.2, 0.25) is 0 Å². The second-order valence-electron chi connectivity index (χ2n) is 8.70. The van der Waals surface area contributed by atoms with Crippen molar-refractivity contribution < 1.29 is 23.9 Å². The average molecular weight is 505 g/mol. The van der Waals surface area contributed by atoms with E-state index in [2.05, 4.69) is 0 Å². The molecule has 2 atom stereocenters. The van der Waals surface area contributed by atoms with Crippen LogP contribution in [0.3, 0.4) is 0 Å². The van der Waals surface area contributed by atoms with Crippen molar-refractivity contribution in [1.82, 2.24) is 0 Å². The lowest BCUT2D eigenvalue weighted by molar-refractivity contribution is -0.0128. The first-order chi connectivity index (χ1) is 18.6. The van der Waals surface area contributed by atoms with Crippen LogP contribution in [0.5, 0.6) is 0 Å². The number of hydrogen-bond acceptors (Lipinski definition) is 5. The minimum Gasteiger partial charge on any atom is -0.458 e. The van der Waals surface area contributed by atoms with Crippen LogP contribution >= 0.6 is 0 Å². The molecule has 0 heterocycles. The van der Waals surface area contributed by atoms with Gasteiger partial charge < -0.3 is 9.47 Å². The van der Waals surface area contributed by atoms with Crippen LogP contribution in [-0.4, -0.2) is 30.4 Å². The zero-order chi connectivity index (χ0) is 26.6. The minimum absolute atomic E-state index is 0.0585. The summed E-state index contributed by atoms with van der Waals surface area (Å²) in [6, 6.07) is 35.8. The zero-order valence-corrected chi connectivity index (χ0v) is 20.8. The number of carbonyl (C=O) groups excluding carboxylic acids is 3. The highest BCUT2D eigenvalue weighted by Crippen LogP contribution is 2.22. The van der Waals surface area contributed by atoms with Gasteiger partial charge in [-0.25, -0.2) is 9.59 Å². The van der Waals surface area contributed by atoms with Gasteiger partial charge in [0.25, 0.3) is 0 Å². The summed E-state index contributed by atoms with van der Waals surface area (Å²) in [4.78, 5) is 38.9. The molecule has 190 valence electrons. The predicted molar refractivity (Wildman–Crippen MR) is 147 cm³/mol. The van der Waals surface area contributed by atoms with E-state index >= 15 is 0 Å². The SMILES string of the molecule is O=C(CC(/C=C/c1ccccc1)[C@@H](COC(=O)c1ccccc1)OC(=O)c1ccccc1)c1ccccc1. The molecular weight excluding hydrogens is 476 g/mol. The molecule has 4 aromatic carbocycles. The van der Waals surface area contributed by atoms with E-state index < -0.39 is 24.0 Å². The van der Waals surface area contributed by atoms with Crippen molar-refractivity contribution in [3.8, 4) is 0 Å². The van der Waals surface area contributed by atoms with Crippen molar-refractivity contribution in [3.63, 3.8) is 0 Å². The molecule has 4 aromatic rings. The summed E-state index contributed by atoms with van der Waals surface area (Å²) < 4.78 is 11.5. The molecule has 0 aromatic heterocycles. The Kier molecular flexibility index (Phi) is 9.35. The van der Waals surface area contributed by atoms with Gasteiger partial charge in [0, 0.05) is 17.9 Å². The number of benzene rings is 4. The molecule has 0 amide bonds. The van der Waals surface area contributed by atoms with Crippen LogP contribution in [0.25, 0.3) is 6.08 Å². The topological polar surface area (TPSA) is 69.7 Å². The number of esters is 2. The Hall–Kier alpha value is -4.77. The molecule has 0 radical (unpaired) electrons. The number of ether oxygens (including phenoxy) is 2. The van der Waals surface area contributed by atoms with E-state index in [1.165, 1.54) is 0 Å². The van der Waals surface area contributed by atoms with Gasteiger partial charge >= 0.3 is 11.9 Å². The Labute approximate surface area is 222 Å². The lowest BCUT2D eigenvalue weighted by Gasteiger charge is -2.25. The molecule has 0 saturated carbocycles. The Morgan fingerprint density at radius 2 is 1.08 bits per heavy atom. The summed E-state index contributed by atoms with van der Waals surface area (Å²) in [7, 11) is 0. The van der Waals surface area contributed by atoms with Crippen molar-refractivity contribution in [2.45, 2.75) is 12.5 Å². The lowest BCUT2D eigenvalue weighted by Crippen LogP contribution is -2.33. The van der Waals surface area contributed by atoms with Crippen molar-refractivity contribution in [3.05, 3.63) is 150 Å². The normalized spacial score (nSPS) is 12.4. The summed E-state index contributed by atoms with van der Waals surface area (Å²) in [5, 5.41) is 0. The smallest absolute Gasteiger partial charge is 0.338 e. The highest BCUT2D eigenvalue weighted by Gasteiger charge is 2.28. The fourth-order valence-electron chi connectivity index (χ4n) is 3.92. The number of ketones is 1. The van der Waals surface area contributed by atoms with Gasteiger partial charge in [0.1, 0.15) is 12.7 Å². The minimum atomic E-state index is -0.900. The molecule has 0 saturated heterocycles. The van der Waals surface area contributed by atoms with Crippen molar-refractivity contribution in [2.24, 2.45) is 5.92 Å². The first kappa shape index (κ1) is 26.3. The molecule has 0 spiro atoms. The van der Waals surface area contributed by atoms with Crippen LogP contribution in [0, 0.1) is 5.92 Å². The lowest BCUT2D eigenvalue weighted by atomic mass is 9.92. The highest BCUT2D eigenvalue weighted by atomic mass is 16.6. The second kappa shape index (κ2) is 13.5. The molecule has 38 heavy (non-hydrogen) atoms. The summed E-state index contributed by atoms with van der Waals surface area (Å²) in [6.45, 7) is -0.210. The third-order valence-corrected chi connectivity index (χ3v) is 5.99. The van der Waals surface area contributed by atoms with Gasteiger partial charge in [0.05, 0.1) is 11.1 Å². The van der Waals surface area contributed by atoms with Gasteiger partial charge in [-0.1, -0.05) is 109 Å². The van der Waals surface area contributed by atoms with Gasteiger partial charge in [0.2, 0.25) is 0 Å². The Balaban J connectivity index is 1.62. The quantitative estimate of drug-likeness (QED) is 0.168. The zero-order valence-electron chi connectivity index (χ0n) is 20.8. The molecule has 5 heteroatoms. The summed E-state index contributed by atoms with van der Waals surface area (Å²) in [6.07, 6.45) is 2.88. The van der Waals surface area contributed by atoms with Crippen molar-refractivity contribution >= 4 is 23.8 Å². The maximum Gasteiger partial charge on any atom is 0.338 e. The Morgan fingerprint density at radius 3 is 1.63 bits per heavy atom. The number of hydrogen-bond donors (Lipinski definition) is 0. The standard InChI is InChI=1S/C33H28O5/c34-30(26-15-7-2-8-16-26)23-29(22-21-25-13-5-1-6-14-25)31(38-33(36)28-19-11-4-12-20-28)24-37-32(35)27-17-9-3-10-18-27/h1-22,29,31H,23-24H2/b22-21+/t29?,31-/m1/s1. The van der Waals surface area contributed by atoms with E-state index in [4.69, 9.17) is 9.47 Å². The van der Waals surface area contributed by atoms with Gasteiger partial charge in [-0.3, -0.25) is 4.79 Å². The van der Waals surface area contributed by atoms with Crippen molar-refractivity contribution in [2.75, 3.05) is 6.61 Å². The van der Waals surface area contributed by atoms with E-state index in [0.717, 1.165) is 5.56 Å². The molecule has 0 aliphatic carbocycles. The molecule has 0 bridgehead atoms. The van der Waals surface area contributed by atoms with E-state index in [-0.39, 0.29) is 18.8 Å². The van der Waals surface area contributed by atoms with Crippen molar-refractivity contribution in [1.29, 1.82) is 0 Å². The predicted octanol–water partition coefficient (Wildman–Crippen LogP) is 6.67. The molecule has 5 nitrogen and oxygen atoms in total. The molecule has 4 rings (SSSR count). The first-order valence-electron chi connectivity index (χ1n) is 12.4. The van der Waals surface area contributed by atoms with Crippen LogP contribution in [0.4, 0.5) is 0 Å². The average Bonchev–Trinajstić information content (AvgIpc) is 2.99. The van der Waals surface area contributed by atoms with Crippen LogP contribution < -0.4 is 0 Å². The van der Waals surface area contributed by atoms with E-state index in [9.17, 15) is 14.4 Å². The number of carbonyl (C=O) groups is 3. The highest BCUT2D eigenvalue weighted by molar-refractivity contribution is 5.96. The van der Waals surface area contributed by atoms with Crippen LogP contribution in [-0.2, 0) is 9.47 Å². The molecular formula is C33H28O5. The Bertz CT molecular complexity index is 1350. The molecule has 1 unspecified atom stereocenters. The molecule has 0 aliphatic rings. The molecule has 0 fully saturated rings. The first-order valence-corrected chi connectivity index (χ1v) is 12.4. The van der Waals surface area contributed by atoms with E-state index in [0.29, 0.717) is 16.7 Å². The van der Waals surface area contributed by atoms with Gasteiger partial charge in [0.15, 0.2) is 5.78 Å². The van der Waals surface area contributed by atoms with E-state index in [1.54, 1.807) is 84.9 Å².